The third-order valence-corrected chi connectivity index (χ3v) is 8.48. The molecule has 1 amide bonds. The van der Waals surface area contributed by atoms with E-state index in [4.69, 9.17) is 4.74 Å². The van der Waals surface area contributed by atoms with Gasteiger partial charge in [0.1, 0.15) is 6.54 Å². The highest BCUT2D eigenvalue weighted by atomic mass is 79.9. The molecule has 6 rings (SSSR count). The van der Waals surface area contributed by atoms with Crippen LogP contribution in [0.15, 0.2) is 46.3 Å². The van der Waals surface area contributed by atoms with Gasteiger partial charge in [-0.2, -0.15) is 0 Å². The first-order chi connectivity index (χ1) is 14.1. The molecule has 0 spiro atoms. The minimum atomic E-state index is -0.205. The molecule has 1 atom stereocenters. The number of piperidine rings is 3. The molecule has 1 saturated carbocycles. The van der Waals surface area contributed by atoms with Crippen molar-refractivity contribution in [2.24, 2.45) is 11.8 Å². The number of fused-ring (bicyclic) bond motifs is 3. The molecular weight excluding hydrogens is 528 g/mol. The lowest BCUT2D eigenvalue weighted by molar-refractivity contribution is -0.947. The normalized spacial score (nSPS) is 27.4. The summed E-state index contributed by atoms with van der Waals surface area (Å²) in [5.74, 6) is 1.45. The SMILES string of the molecule is O=C(O[C@H]1C[N+]2(CC3CC3)CCC1CC2)N(Cc1ccc(Br)s1)c1ccccc1.[Br-]. The fraction of sp³-hybridized carbons (Fsp3) is 0.522. The Balaban J connectivity index is 0.00000218. The van der Waals surface area contributed by atoms with E-state index in [-0.39, 0.29) is 29.2 Å². The minimum absolute atomic E-state index is 0. The number of nitrogens with zero attached hydrogens (tertiary/aromatic N) is 2. The molecule has 1 aliphatic carbocycles. The van der Waals surface area contributed by atoms with Crippen LogP contribution in [0.1, 0.15) is 30.6 Å². The van der Waals surface area contributed by atoms with E-state index in [1.54, 1.807) is 16.2 Å². The Labute approximate surface area is 201 Å². The molecule has 0 radical (unpaired) electrons. The maximum Gasteiger partial charge on any atom is 0.415 e. The lowest BCUT2D eigenvalue weighted by Gasteiger charge is -2.52. The molecule has 2 bridgehead atoms. The monoisotopic (exact) mass is 554 g/mol. The van der Waals surface area contributed by atoms with Crippen LogP contribution in [0.2, 0.25) is 0 Å². The van der Waals surface area contributed by atoms with Crippen molar-refractivity contribution in [3.8, 4) is 0 Å². The average Bonchev–Trinajstić information content (AvgIpc) is 3.44. The lowest BCUT2D eigenvalue weighted by Crippen LogP contribution is -3.00. The van der Waals surface area contributed by atoms with Crippen LogP contribution in [0.25, 0.3) is 0 Å². The molecule has 162 valence electrons. The Morgan fingerprint density at radius 2 is 1.83 bits per heavy atom. The Morgan fingerprint density at radius 3 is 2.47 bits per heavy atom. The lowest BCUT2D eigenvalue weighted by atomic mass is 9.83. The number of carbonyl (C=O) groups excluding carboxylic acids is 1. The van der Waals surface area contributed by atoms with Gasteiger partial charge >= 0.3 is 6.09 Å². The third kappa shape index (κ3) is 4.95. The van der Waals surface area contributed by atoms with Gasteiger partial charge in [0.2, 0.25) is 0 Å². The summed E-state index contributed by atoms with van der Waals surface area (Å²) in [6, 6.07) is 14.0. The number of halogens is 2. The summed E-state index contributed by atoms with van der Waals surface area (Å²) in [6.45, 7) is 5.41. The zero-order chi connectivity index (χ0) is 19.8. The molecule has 4 heterocycles. The fourth-order valence-corrected chi connectivity index (χ4v) is 6.59. The van der Waals surface area contributed by atoms with Crippen molar-refractivity contribution < 1.29 is 31.0 Å². The molecule has 3 aliphatic heterocycles. The minimum Gasteiger partial charge on any atom is -1.00 e. The number of amides is 1. The zero-order valence-electron chi connectivity index (χ0n) is 17.0. The molecule has 30 heavy (non-hydrogen) atoms. The number of hydrogen-bond acceptors (Lipinski definition) is 3. The van der Waals surface area contributed by atoms with Crippen LogP contribution in [0.5, 0.6) is 0 Å². The summed E-state index contributed by atoms with van der Waals surface area (Å²) in [6.07, 6.45) is 5.05. The van der Waals surface area contributed by atoms with E-state index in [0.29, 0.717) is 12.5 Å². The number of anilines is 1. The molecule has 4 nitrogen and oxygen atoms in total. The molecule has 7 heteroatoms. The topological polar surface area (TPSA) is 29.5 Å². The molecule has 0 N–H and O–H groups in total. The summed E-state index contributed by atoms with van der Waals surface area (Å²) in [5, 5.41) is 0. The molecule has 1 aromatic carbocycles. The number of benzene rings is 1. The first-order valence-corrected chi connectivity index (χ1v) is 12.3. The van der Waals surface area contributed by atoms with Crippen molar-refractivity contribution in [1.29, 1.82) is 0 Å². The van der Waals surface area contributed by atoms with Gasteiger partial charge in [0.05, 0.1) is 30.0 Å². The number of rotatable bonds is 6. The van der Waals surface area contributed by atoms with E-state index in [0.717, 1.165) is 26.8 Å². The van der Waals surface area contributed by atoms with Crippen LogP contribution in [0.3, 0.4) is 0 Å². The predicted molar refractivity (Wildman–Crippen MR) is 120 cm³/mol. The van der Waals surface area contributed by atoms with Crippen molar-refractivity contribution >= 4 is 39.0 Å². The average molecular weight is 556 g/mol. The summed E-state index contributed by atoms with van der Waals surface area (Å²) in [7, 11) is 0. The van der Waals surface area contributed by atoms with Gasteiger partial charge in [-0.05, 0) is 53.0 Å². The number of quaternary nitrogens is 1. The summed E-state index contributed by atoms with van der Waals surface area (Å²) in [4.78, 5) is 16.3. The van der Waals surface area contributed by atoms with Crippen molar-refractivity contribution in [3.05, 3.63) is 51.1 Å². The quantitative estimate of drug-likeness (QED) is 0.513. The molecule has 0 unspecified atom stereocenters. The molecule has 4 aliphatic rings. The highest BCUT2D eigenvalue weighted by Crippen LogP contribution is 2.41. The van der Waals surface area contributed by atoms with Gasteiger partial charge in [0.15, 0.2) is 6.10 Å². The smallest absolute Gasteiger partial charge is 0.415 e. The van der Waals surface area contributed by atoms with Gasteiger partial charge in [0, 0.05) is 35.2 Å². The molecule has 3 saturated heterocycles. The second kappa shape index (κ2) is 9.31. The van der Waals surface area contributed by atoms with E-state index in [9.17, 15) is 4.79 Å². The Bertz CT molecular complexity index is 863. The highest BCUT2D eigenvalue weighted by molar-refractivity contribution is 9.11. The van der Waals surface area contributed by atoms with Crippen LogP contribution in [-0.2, 0) is 11.3 Å². The number of ether oxygens (including phenoxy) is 1. The Morgan fingerprint density at radius 1 is 1.10 bits per heavy atom. The van der Waals surface area contributed by atoms with Gasteiger partial charge < -0.3 is 26.2 Å². The van der Waals surface area contributed by atoms with Crippen LogP contribution in [0, 0.1) is 11.8 Å². The number of hydrogen-bond donors (Lipinski definition) is 0. The Kier molecular flexibility index (Phi) is 6.92. The first-order valence-electron chi connectivity index (χ1n) is 10.7. The number of carbonyl (C=O) groups is 1. The van der Waals surface area contributed by atoms with Crippen molar-refractivity contribution in [1.82, 2.24) is 0 Å². The van der Waals surface area contributed by atoms with E-state index in [1.165, 1.54) is 49.8 Å². The van der Waals surface area contributed by atoms with Crippen LogP contribution in [-0.4, -0.2) is 42.9 Å². The van der Waals surface area contributed by atoms with Crippen LogP contribution < -0.4 is 21.9 Å². The van der Waals surface area contributed by atoms with Crippen molar-refractivity contribution in [2.45, 2.75) is 38.3 Å². The van der Waals surface area contributed by atoms with E-state index in [2.05, 4.69) is 22.0 Å². The Hall–Kier alpha value is -0.890. The van der Waals surface area contributed by atoms with Gasteiger partial charge in [-0.3, -0.25) is 4.90 Å². The standard InChI is InChI=1S/C23H28BrN2O2S.BrH/c24-22-9-8-20(29-22)14-25(19-4-2-1-3-5-19)23(27)28-21-16-26(15-17-6-7-17)12-10-18(21)11-13-26;/h1-5,8-9,17-18,21H,6-7,10-16H2;1H/q+1;/p-1/t18?,21-,26?;/m0./s1. The maximum absolute atomic E-state index is 13.3. The largest absolute Gasteiger partial charge is 1.00 e. The van der Waals surface area contributed by atoms with Gasteiger partial charge in [0.25, 0.3) is 0 Å². The number of para-hydroxylation sites is 1. The van der Waals surface area contributed by atoms with E-state index in [1.807, 2.05) is 36.4 Å². The summed E-state index contributed by atoms with van der Waals surface area (Å²) < 4.78 is 8.48. The molecule has 1 aromatic heterocycles. The van der Waals surface area contributed by atoms with Gasteiger partial charge in [-0.1, -0.05) is 18.2 Å². The zero-order valence-corrected chi connectivity index (χ0v) is 21.0. The third-order valence-electron chi connectivity index (χ3n) is 6.87. The van der Waals surface area contributed by atoms with Crippen LogP contribution >= 0.6 is 27.3 Å². The molecular formula is C23H28Br2N2O2S. The predicted octanol–water partition coefficient (Wildman–Crippen LogP) is 2.68. The van der Waals surface area contributed by atoms with Gasteiger partial charge in [-0.25, -0.2) is 4.79 Å². The first kappa shape index (κ1) is 22.3. The van der Waals surface area contributed by atoms with E-state index >= 15 is 0 Å². The van der Waals surface area contributed by atoms with E-state index < -0.39 is 0 Å². The van der Waals surface area contributed by atoms with Crippen molar-refractivity contribution in [3.63, 3.8) is 0 Å². The summed E-state index contributed by atoms with van der Waals surface area (Å²) in [5.41, 5.74) is 0.894. The summed E-state index contributed by atoms with van der Waals surface area (Å²) >= 11 is 5.19. The molecule has 2 aromatic rings. The second-order valence-electron chi connectivity index (χ2n) is 8.98. The fourth-order valence-electron chi connectivity index (χ4n) is 5.11. The molecule has 4 fully saturated rings. The number of thiophene rings is 1. The maximum atomic E-state index is 13.3. The van der Waals surface area contributed by atoms with Crippen molar-refractivity contribution in [2.75, 3.05) is 31.1 Å². The van der Waals surface area contributed by atoms with Gasteiger partial charge in [-0.15, -0.1) is 11.3 Å². The second-order valence-corrected chi connectivity index (χ2v) is 11.5. The van der Waals surface area contributed by atoms with Crippen LogP contribution in [0.4, 0.5) is 10.5 Å². The highest BCUT2D eigenvalue weighted by Gasteiger charge is 2.49.